The highest BCUT2D eigenvalue weighted by atomic mass is 35.5. The summed E-state index contributed by atoms with van der Waals surface area (Å²) < 4.78 is 11.4. The van der Waals surface area contributed by atoms with Crippen molar-refractivity contribution in [1.29, 1.82) is 0 Å². The van der Waals surface area contributed by atoms with Crippen LogP contribution in [0.5, 0.6) is 0 Å². The van der Waals surface area contributed by atoms with E-state index in [4.69, 9.17) is 9.47 Å². The lowest BCUT2D eigenvalue weighted by molar-refractivity contribution is -0.893. The van der Waals surface area contributed by atoms with E-state index in [1.54, 1.807) is 6.92 Å². The van der Waals surface area contributed by atoms with Crippen molar-refractivity contribution in [3.8, 4) is 0 Å². The van der Waals surface area contributed by atoms with Crippen molar-refractivity contribution in [2.75, 3.05) is 47.0 Å². The van der Waals surface area contributed by atoms with Crippen molar-refractivity contribution in [1.82, 2.24) is 0 Å². The molecule has 31 heavy (non-hydrogen) atoms. The summed E-state index contributed by atoms with van der Waals surface area (Å²) in [7, 11) is 4.03. The molecular weight excluding hydrogens is 414 g/mol. The van der Waals surface area contributed by atoms with Crippen LogP contribution in [-0.4, -0.2) is 68.7 Å². The molecule has 0 amide bonds. The third-order valence-corrected chi connectivity index (χ3v) is 5.44. The molecule has 0 heterocycles. The number of carbonyl (C=O) groups is 1. The van der Waals surface area contributed by atoms with Crippen LogP contribution in [0.1, 0.15) is 90.9 Å². The highest BCUT2D eigenvalue weighted by molar-refractivity contribution is 5.86. The molecule has 0 bridgehead atoms. The minimum absolute atomic E-state index is 0. The second kappa shape index (κ2) is 21.2. The zero-order valence-corrected chi connectivity index (χ0v) is 21.6. The molecule has 0 spiro atoms. The fraction of sp³-hybridized carbons (Fsp3) is 0.880. The van der Waals surface area contributed by atoms with E-state index >= 15 is 0 Å². The zero-order valence-electron chi connectivity index (χ0n) is 20.8. The highest BCUT2D eigenvalue weighted by Crippen LogP contribution is 2.12. The second-order valence-corrected chi connectivity index (χ2v) is 9.38. The largest absolute Gasteiger partial charge is 1.00 e. The molecule has 0 aliphatic rings. The number of likely N-dealkylation sites (N-methyl/N-ethyl adjacent to an activating group) is 1. The normalized spacial score (nSPS) is 12.3. The lowest BCUT2D eigenvalue weighted by atomic mass is 10.1. The first kappa shape index (κ1) is 32.6. The molecule has 186 valence electrons. The number of hydrogen-bond donors (Lipinski definition) is 1. The van der Waals surface area contributed by atoms with Gasteiger partial charge in [0.05, 0.1) is 20.7 Å². The molecule has 5 nitrogen and oxygen atoms in total. The van der Waals surface area contributed by atoms with E-state index in [0.717, 1.165) is 13.0 Å². The van der Waals surface area contributed by atoms with Crippen LogP contribution in [0.2, 0.25) is 0 Å². The van der Waals surface area contributed by atoms with Gasteiger partial charge in [0.15, 0.2) is 0 Å². The van der Waals surface area contributed by atoms with Crippen molar-refractivity contribution < 1.29 is 36.3 Å². The first-order valence-electron chi connectivity index (χ1n) is 12.2. The number of carbonyl (C=O) groups excluding carboxylic acids is 1. The Morgan fingerprint density at radius 3 is 1.87 bits per heavy atom. The van der Waals surface area contributed by atoms with Gasteiger partial charge in [-0.3, -0.25) is 0 Å². The van der Waals surface area contributed by atoms with Crippen LogP contribution in [0, 0.1) is 0 Å². The van der Waals surface area contributed by atoms with Gasteiger partial charge in [-0.05, 0) is 13.3 Å². The van der Waals surface area contributed by atoms with Crippen LogP contribution in [0.25, 0.3) is 0 Å². The summed E-state index contributed by atoms with van der Waals surface area (Å²) in [5.41, 5.74) is 0.409. The van der Waals surface area contributed by atoms with Gasteiger partial charge in [0.25, 0.3) is 0 Å². The van der Waals surface area contributed by atoms with Gasteiger partial charge in [0.2, 0.25) is 0 Å². The smallest absolute Gasteiger partial charge is 0.333 e. The molecule has 1 N–H and O–H groups in total. The van der Waals surface area contributed by atoms with Gasteiger partial charge < -0.3 is 31.5 Å². The second-order valence-electron chi connectivity index (χ2n) is 9.38. The van der Waals surface area contributed by atoms with Gasteiger partial charge in [-0.1, -0.05) is 84.1 Å². The van der Waals surface area contributed by atoms with Gasteiger partial charge in [-0.25, -0.2) is 4.79 Å². The van der Waals surface area contributed by atoms with E-state index in [0.29, 0.717) is 36.4 Å². The highest BCUT2D eigenvalue weighted by Gasteiger charge is 2.21. The predicted molar refractivity (Wildman–Crippen MR) is 126 cm³/mol. The molecule has 6 heteroatoms. The predicted octanol–water partition coefficient (Wildman–Crippen LogP) is 2.26. The van der Waals surface area contributed by atoms with E-state index in [1.807, 2.05) is 14.1 Å². The van der Waals surface area contributed by atoms with Crippen molar-refractivity contribution in [3.63, 3.8) is 0 Å². The summed E-state index contributed by atoms with van der Waals surface area (Å²) in [5.74, 6) is -0.360. The Hall–Kier alpha value is -0.620. The molecule has 1 atom stereocenters. The van der Waals surface area contributed by atoms with E-state index in [-0.39, 0.29) is 18.4 Å². The Kier molecular flexibility index (Phi) is 22.3. The summed E-state index contributed by atoms with van der Waals surface area (Å²) in [5, 5.41) is 10.2. The summed E-state index contributed by atoms with van der Waals surface area (Å²) in [6, 6.07) is 0. The number of esters is 1. The van der Waals surface area contributed by atoms with Crippen LogP contribution in [0.3, 0.4) is 0 Å². The maximum Gasteiger partial charge on any atom is 0.333 e. The van der Waals surface area contributed by atoms with Crippen molar-refractivity contribution >= 4 is 5.97 Å². The SMILES string of the molecule is C=C(C)C(=O)OCC[N+](C)(C)CC(O)COCCCCCCCCCCCCCC.[Cl-]. The van der Waals surface area contributed by atoms with Gasteiger partial charge in [-0.15, -0.1) is 0 Å². The average molecular weight is 464 g/mol. The number of nitrogens with zero attached hydrogens (tertiary/aromatic N) is 1. The Morgan fingerprint density at radius 2 is 1.39 bits per heavy atom. The van der Waals surface area contributed by atoms with E-state index in [9.17, 15) is 9.90 Å². The minimum Gasteiger partial charge on any atom is -1.00 e. The molecule has 0 saturated heterocycles. The molecule has 0 saturated carbocycles. The molecule has 0 rings (SSSR count). The van der Waals surface area contributed by atoms with Crippen LogP contribution >= 0.6 is 0 Å². The zero-order chi connectivity index (χ0) is 22.7. The standard InChI is InChI=1S/C25H50NO4.ClH/c1-6-7-8-9-10-11-12-13-14-15-16-17-19-29-22-24(27)21-26(4,5)18-20-30-25(28)23(2)3;/h24,27H,2,6-22H2,1,3-5H3;1H/q+1;/p-1. The Bertz CT molecular complexity index is 443. The summed E-state index contributed by atoms with van der Waals surface area (Å²) >= 11 is 0. The Labute approximate surface area is 198 Å². The maximum absolute atomic E-state index is 11.4. The topological polar surface area (TPSA) is 55.8 Å². The fourth-order valence-electron chi connectivity index (χ4n) is 3.49. The minimum atomic E-state index is -0.505. The van der Waals surface area contributed by atoms with E-state index < -0.39 is 6.10 Å². The molecule has 0 aromatic carbocycles. The monoisotopic (exact) mass is 463 g/mol. The molecular formula is C25H50ClNO4. The van der Waals surface area contributed by atoms with Crippen molar-refractivity contribution in [2.24, 2.45) is 0 Å². The van der Waals surface area contributed by atoms with Crippen LogP contribution < -0.4 is 12.4 Å². The summed E-state index contributed by atoms with van der Waals surface area (Å²) in [4.78, 5) is 11.4. The number of aliphatic hydroxyl groups is 1. The van der Waals surface area contributed by atoms with Crippen LogP contribution in [-0.2, 0) is 14.3 Å². The Morgan fingerprint density at radius 1 is 0.903 bits per heavy atom. The third kappa shape index (κ3) is 22.4. The number of unbranched alkanes of at least 4 members (excludes halogenated alkanes) is 11. The molecule has 0 radical (unpaired) electrons. The average Bonchev–Trinajstić information content (AvgIpc) is 2.67. The number of rotatable bonds is 21. The lowest BCUT2D eigenvalue weighted by Gasteiger charge is -2.31. The third-order valence-electron chi connectivity index (χ3n) is 5.44. The maximum atomic E-state index is 11.4. The first-order valence-corrected chi connectivity index (χ1v) is 12.2. The van der Waals surface area contributed by atoms with Crippen LogP contribution in [0.4, 0.5) is 0 Å². The van der Waals surface area contributed by atoms with E-state index in [1.165, 1.54) is 70.6 Å². The number of hydrogen-bond acceptors (Lipinski definition) is 4. The van der Waals surface area contributed by atoms with Gasteiger partial charge in [0.1, 0.15) is 25.8 Å². The summed E-state index contributed by atoms with van der Waals surface area (Å²) in [6.45, 7) is 10.1. The molecule has 0 aliphatic heterocycles. The lowest BCUT2D eigenvalue weighted by Crippen LogP contribution is -3.00. The van der Waals surface area contributed by atoms with Gasteiger partial charge in [-0.2, -0.15) is 0 Å². The number of quaternary nitrogens is 1. The van der Waals surface area contributed by atoms with Crippen molar-refractivity contribution in [3.05, 3.63) is 12.2 Å². The van der Waals surface area contributed by atoms with Crippen molar-refractivity contribution in [2.45, 2.75) is 97.0 Å². The molecule has 0 fully saturated rings. The molecule has 1 unspecified atom stereocenters. The number of ether oxygens (including phenoxy) is 2. The number of aliphatic hydroxyl groups excluding tert-OH is 1. The quantitative estimate of drug-likeness (QED) is 0.123. The first-order chi connectivity index (χ1) is 14.3. The number of halogens is 1. The van der Waals surface area contributed by atoms with Gasteiger partial charge in [0, 0.05) is 12.2 Å². The fourth-order valence-corrected chi connectivity index (χ4v) is 3.49. The van der Waals surface area contributed by atoms with Gasteiger partial charge >= 0.3 is 5.97 Å². The molecule has 0 aliphatic carbocycles. The molecule has 0 aromatic heterocycles. The Balaban J connectivity index is 0. The summed E-state index contributed by atoms with van der Waals surface area (Å²) in [6.07, 6.45) is 15.5. The van der Waals surface area contributed by atoms with Crippen LogP contribution in [0.15, 0.2) is 12.2 Å². The molecule has 0 aromatic rings. The van der Waals surface area contributed by atoms with E-state index in [2.05, 4.69) is 13.5 Å².